The summed E-state index contributed by atoms with van der Waals surface area (Å²) in [6.45, 7) is 0. The summed E-state index contributed by atoms with van der Waals surface area (Å²) in [7, 11) is 1.51. The lowest BCUT2D eigenvalue weighted by Gasteiger charge is -2.10. The number of thiocarbonyl (C=S) groups is 1. The van der Waals surface area contributed by atoms with Crippen molar-refractivity contribution in [2.75, 3.05) is 12.4 Å². The molecule has 0 atom stereocenters. The van der Waals surface area contributed by atoms with E-state index in [1.165, 1.54) is 7.11 Å². The van der Waals surface area contributed by atoms with E-state index in [0.717, 1.165) is 0 Å². The Bertz CT molecular complexity index is 371. The van der Waals surface area contributed by atoms with Crippen molar-refractivity contribution < 1.29 is 4.74 Å². The van der Waals surface area contributed by atoms with Gasteiger partial charge >= 0.3 is 0 Å². The van der Waals surface area contributed by atoms with Crippen LogP contribution in [0.3, 0.4) is 0 Å². The van der Waals surface area contributed by atoms with E-state index in [4.69, 9.17) is 33.7 Å². The molecule has 76 valence electrons. The van der Waals surface area contributed by atoms with Gasteiger partial charge in [0.25, 0.3) is 0 Å². The van der Waals surface area contributed by atoms with Gasteiger partial charge in [-0.2, -0.15) is 0 Å². The first-order valence-corrected chi connectivity index (χ1v) is 4.81. The quantitative estimate of drug-likeness (QED) is 0.793. The fourth-order valence-corrected chi connectivity index (χ4v) is 1.47. The van der Waals surface area contributed by atoms with Crippen LogP contribution in [-0.4, -0.2) is 12.2 Å². The fraction of sp³-hybridized carbons (Fsp3) is 0.125. The van der Waals surface area contributed by atoms with E-state index >= 15 is 0 Å². The number of rotatable bonds is 2. The van der Waals surface area contributed by atoms with Crippen LogP contribution in [0, 0.1) is 0 Å². The molecule has 0 heterocycles. The molecule has 0 fully saturated rings. The molecule has 0 bridgehead atoms. The van der Waals surface area contributed by atoms with Crippen LogP contribution < -0.4 is 15.8 Å². The highest BCUT2D eigenvalue weighted by Crippen LogP contribution is 2.37. The molecule has 1 aromatic rings. The predicted octanol–water partition coefficient (Wildman–Crippen LogP) is 2.66. The van der Waals surface area contributed by atoms with Crippen LogP contribution in [-0.2, 0) is 0 Å². The smallest absolute Gasteiger partial charge is 0.168 e. The minimum atomic E-state index is 0.133. The van der Waals surface area contributed by atoms with Gasteiger partial charge < -0.3 is 15.8 Å². The fourth-order valence-electron chi connectivity index (χ4n) is 0.919. The molecule has 0 unspecified atom stereocenters. The molecule has 3 N–H and O–H groups in total. The third-order valence-corrected chi connectivity index (χ3v) is 2.49. The van der Waals surface area contributed by atoms with E-state index in [1.807, 2.05) is 0 Å². The summed E-state index contributed by atoms with van der Waals surface area (Å²) in [6.07, 6.45) is 0. The first-order chi connectivity index (χ1) is 6.56. The van der Waals surface area contributed by atoms with E-state index < -0.39 is 0 Å². The first-order valence-electron chi connectivity index (χ1n) is 3.64. The molecule has 3 nitrogen and oxygen atoms in total. The summed E-state index contributed by atoms with van der Waals surface area (Å²) in [5.41, 5.74) is 5.86. The molecule has 0 spiro atoms. The summed E-state index contributed by atoms with van der Waals surface area (Å²) in [6, 6.07) is 3.36. The summed E-state index contributed by atoms with van der Waals surface area (Å²) in [5.74, 6) is 0.505. The Kier molecular flexibility index (Phi) is 3.80. The number of anilines is 1. The van der Waals surface area contributed by atoms with Crippen molar-refractivity contribution in [3.63, 3.8) is 0 Å². The lowest BCUT2D eigenvalue weighted by Crippen LogP contribution is -2.19. The van der Waals surface area contributed by atoms with Crippen LogP contribution in [0.5, 0.6) is 5.75 Å². The zero-order valence-corrected chi connectivity index (χ0v) is 9.63. The van der Waals surface area contributed by atoms with Gasteiger partial charge in [0.2, 0.25) is 0 Å². The number of nitrogens with one attached hydrogen (secondary N) is 1. The maximum atomic E-state index is 5.93. The largest absolute Gasteiger partial charge is 0.495 e. The summed E-state index contributed by atoms with van der Waals surface area (Å²) < 4.78 is 4.98. The number of nitrogens with two attached hydrogens (primary N) is 1. The van der Waals surface area contributed by atoms with Crippen molar-refractivity contribution in [1.29, 1.82) is 0 Å². The maximum absolute atomic E-state index is 5.93. The minimum Gasteiger partial charge on any atom is -0.495 e. The predicted molar refractivity (Wildman–Crippen MR) is 63.4 cm³/mol. The average molecular weight is 251 g/mol. The number of ether oxygens (including phenoxy) is 1. The second kappa shape index (κ2) is 4.68. The highest BCUT2D eigenvalue weighted by Gasteiger charge is 2.10. The van der Waals surface area contributed by atoms with Crippen LogP contribution >= 0.6 is 35.4 Å². The Morgan fingerprint density at radius 1 is 1.43 bits per heavy atom. The summed E-state index contributed by atoms with van der Waals surface area (Å²) >= 11 is 16.5. The maximum Gasteiger partial charge on any atom is 0.168 e. The molecule has 0 aromatic heterocycles. The Morgan fingerprint density at radius 3 is 2.57 bits per heavy atom. The molecule has 14 heavy (non-hydrogen) atoms. The zero-order valence-electron chi connectivity index (χ0n) is 7.30. The minimum absolute atomic E-state index is 0.133. The molecule has 1 rings (SSSR count). The number of methoxy groups -OCH3 is 1. The zero-order chi connectivity index (χ0) is 10.7. The van der Waals surface area contributed by atoms with Crippen molar-refractivity contribution in [2.24, 2.45) is 5.73 Å². The Labute approximate surface area is 97.1 Å². The van der Waals surface area contributed by atoms with Crippen LogP contribution in [0.4, 0.5) is 5.69 Å². The third kappa shape index (κ3) is 2.41. The van der Waals surface area contributed by atoms with Gasteiger partial charge in [-0.1, -0.05) is 23.2 Å². The first kappa shape index (κ1) is 11.4. The lowest BCUT2D eigenvalue weighted by molar-refractivity contribution is 0.415. The van der Waals surface area contributed by atoms with E-state index in [9.17, 15) is 0 Å². The van der Waals surface area contributed by atoms with Crippen LogP contribution in [0.1, 0.15) is 0 Å². The van der Waals surface area contributed by atoms with Crippen LogP contribution in [0.15, 0.2) is 12.1 Å². The molecular weight excluding hydrogens is 243 g/mol. The molecule has 0 radical (unpaired) electrons. The van der Waals surface area contributed by atoms with Crippen molar-refractivity contribution >= 4 is 46.2 Å². The van der Waals surface area contributed by atoms with Gasteiger partial charge in [0, 0.05) is 0 Å². The molecule has 6 heteroatoms. The normalized spacial score (nSPS) is 9.64. The highest BCUT2D eigenvalue weighted by molar-refractivity contribution is 7.80. The van der Waals surface area contributed by atoms with Gasteiger partial charge in [-0.05, 0) is 24.4 Å². The summed E-state index contributed by atoms with van der Waals surface area (Å²) in [4.78, 5) is 0. The van der Waals surface area contributed by atoms with Gasteiger partial charge in [-0.15, -0.1) is 0 Å². The molecule has 0 saturated carbocycles. The molecule has 0 amide bonds. The lowest BCUT2D eigenvalue weighted by atomic mass is 10.3. The van der Waals surface area contributed by atoms with E-state index in [0.29, 0.717) is 21.5 Å². The van der Waals surface area contributed by atoms with Gasteiger partial charge in [-0.25, -0.2) is 0 Å². The average Bonchev–Trinajstić information content (AvgIpc) is 2.13. The third-order valence-electron chi connectivity index (χ3n) is 1.52. The number of benzene rings is 1. The van der Waals surface area contributed by atoms with E-state index in [1.54, 1.807) is 12.1 Å². The van der Waals surface area contributed by atoms with Gasteiger partial charge in [0.05, 0.1) is 17.8 Å². The van der Waals surface area contributed by atoms with E-state index in [2.05, 4.69) is 17.5 Å². The molecule has 0 aliphatic heterocycles. The van der Waals surface area contributed by atoms with Crippen molar-refractivity contribution in [3.05, 3.63) is 22.2 Å². The topological polar surface area (TPSA) is 47.3 Å². The SMILES string of the molecule is COc1ccc(NC(N)=S)c(Cl)c1Cl. The highest BCUT2D eigenvalue weighted by atomic mass is 35.5. The van der Waals surface area contributed by atoms with E-state index in [-0.39, 0.29) is 5.11 Å². The van der Waals surface area contributed by atoms with Crippen molar-refractivity contribution in [2.45, 2.75) is 0 Å². The monoisotopic (exact) mass is 250 g/mol. The van der Waals surface area contributed by atoms with Crippen molar-refractivity contribution in [3.8, 4) is 5.75 Å². The van der Waals surface area contributed by atoms with Crippen LogP contribution in [0.2, 0.25) is 10.0 Å². The number of halogens is 2. The molecule has 0 saturated heterocycles. The number of hydrogen-bond donors (Lipinski definition) is 2. The molecule has 1 aromatic carbocycles. The van der Waals surface area contributed by atoms with Gasteiger partial charge in [0.1, 0.15) is 10.8 Å². The summed E-state index contributed by atoms with van der Waals surface area (Å²) in [5, 5.41) is 3.50. The van der Waals surface area contributed by atoms with Gasteiger partial charge in [-0.3, -0.25) is 0 Å². The second-order valence-corrected chi connectivity index (χ2v) is 3.63. The molecule has 0 aliphatic rings. The second-order valence-electron chi connectivity index (χ2n) is 2.43. The standard InChI is InChI=1S/C8H8Cl2N2OS/c1-13-5-3-2-4(12-8(11)14)6(9)7(5)10/h2-3H,1H3,(H3,11,12,14). The van der Waals surface area contributed by atoms with Crippen LogP contribution in [0.25, 0.3) is 0 Å². The van der Waals surface area contributed by atoms with Crippen molar-refractivity contribution in [1.82, 2.24) is 0 Å². The molecular formula is C8H8Cl2N2OS. The Hall–Kier alpha value is -0.710. The number of hydrogen-bond acceptors (Lipinski definition) is 2. The Balaban J connectivity index is 3.10. The van der Waals surface area contributed by atoms with Gasteiger partial charge in [0.15, 0.2) is 5.11 Å². The Morgan fingerprint density at radius 2 is 2.07 bits per heavy atom. The molecule has 0 aliphatic carbocycles.